The van der Waals surface area contributed by atoms with Crippen LogP contribution >= 0.6 is 11.6 Å². The molecule has 1 N–H and O–H groups in total. The highest BCUT2D eigenvalue weighted by Gasteiger charge is 2.35. The summed E-state index contributed by atoms with van der Waals surface area (Å²) >= 11 is 6.59. The van der Waals surface area contributed by atoms with Crippen molar-refractivity contribution < 1.29 is 14.2 Å². The molecule has 3 aromatic rings. The molecule has 0 unspecified atom stereocenters. The lowest BCUT2D eigenvalue weighted by atomic mass is 10.1. The molecule has 1 fully saturated rings. The van der Waals surface area contributed by atoms with Crippen molar-refractivity contribution in [3.05, 3.63) is 46.9 Å². The number of nitrogens with one attached hydrogen (secondary N) is 1. The van der Waals surface area contributed by atoms with Crippen molar-refractivity contribution in [3.8, 4) is 22.9 Å². The van der Waals surface area contributed by atoms with Gasteiger partial charge < -0.3 is 24.4 Å². The molecule has 0 amide bonds. The molecule has 0 saturated carbocycles. The molecule has 1 aliphatic rings. The van der Waals surface area contributed by atoms with Crippen molar-refractivity contribution in [2.24, 2.45) is 0 Å². The summed E-state index contributed by atoms with van der Waals surface area (Å²) in [5.74, 6) is 2.62. The minimum Gasteiger partial charge on any atom is -0.497 e. The van der Waals surface area contributed by atoms with Crippen molar-refractivity contribution in [1.82, 2.24) is 19.9 Å². The molecule has 0 bridgehead atoms. The fourth-order valence-electron chi connectivity index (χ4n) is 4.38. The monoisotopic (exact) mass is 512 g/mol. The fraction of sp³-hybridized carbons (Fsp3) is 0.462. The van der Waals surface area contributed by atoms with Crippen LogP contribution in [0.1, 0.15) is 32.2 Å². The zero-order valence-electron chi connectivity index (χ0n) is 21.4. The summed E-state index contributed by atoms with van der Waals surface area (Å²) in [4.78, 5) is 21.1. The zero-order valence-corrected chi connectivity index (χ0v) is 22.2. The first kappa shape index (κ1) is 25.9. The van der Waals surface area contributed by atoms with Crippen LogP contribution in [0.25, 0.3) is 11.3 Å². The first-order valence-electron chi connectivity index (χ1n) is 12.2. The van der Waals surface area contributed by atoms with E-state index in [9.17, 15) is 0 Å². The quantitative estimate of drug-likeness (QED) is 0.423. The van der Waals surface area contributed by atoms with Crippen LogP contribution < -0.4 is 19.7 Å². The van der Waals surface area contributed by atoms with Crippen molar-refractivity contribution in [3.63, 3.8) is 0 Å². The zero-order chi connectivity index (χ0) is 25.7. The van der Waals surface area contributed by atoms with Crippen LogP contribution in [0.5, 0.6) is 11.6 Å². The molecule has 0 radical (unpaired) electrons. The molecule has 36 heavy (non-hydrogen) atoms. The highest BCUT2D eigenvalue weighted by molar-refractivity contribution is 6.33. The number of nitrogens with zero attached hydrogens (tertiary/aromatic N) is 5. The normalized spacial score (nSPS) is 17.3. The molecule has 10 heteroatoms. The third-order valence-electron chi connectivity index (χ3n) is 6.22. The maximum Gasteiger partial charge on any atom is 0.228 e. The molecule has 4 rings (SSSR count). The number of rotatable bonds is 10. The number of anilines is 2. The first-order valence-corrected chi connectivity index (χ1v) is 12.6. The van der Waals surface area contributed by atoms with E-state index in [1.807, 2.05) is 19.1 Å². The highest BCUT2D eigenvalue weighted by atomic mass is 35.5. The van der Waals surface area contributed by atoms with Crippen molar-refractivity contribution in [2.45, 2.75) is 45.8 Å². The number of hydrogen-bond acceptors (Lipinski definition) is 9. The van der Waals surface area contributed by atoms with Crippen LogP contribution in [0, 0.1) is 0 Å². The van der Waals surface area contributed by atoms with E-state index in [1.54, 1.807) is 32.5 Å². The maximum atomic E-state index is 6.59. The number of methoxy groups -OCH3 is 2. The Hall–Kier alpha value is -3.17. The lowest BCUT2D eigenvalue weighted by Crippen LogP contribution is -2.35. The number of halogens is 1. The molecule has 2 aromatic heterocycles. The second-order valence-corrected chi connectivity index (χ2v) is 8.82. The summed E-state index contributed by atoms with van der Waals surface area (Å²) in [6.45, 7) is 8.08. The summed E-state index contributed by atoms with van der Waals surface area (Å²) in [6, 6.07) is 7.35. The third-order valence-corrected chi connectivity index (χ3v) is 6.53. The van der Waals surface area contributed by atoms with Crippen LogP contribution in [0.15, 0.2) is 30.5 Å². The molecule has 3 heterocycles. The van der Waals surface area contributed by atoms with E-state index in [-0.39, 0.29) is 12.1 Å². The molecule has 0 spiro atoms. The van der Waals surface area contributed by atoms with Gasteiger partial charge in [0.15, 0.2) is 0 Å². The van der Waals surface area contributed by atoms with Crippen LogP contribution in [0.2, 0.25) is 5.02 Å². The average molecular weight is 513 g/mol. The van der Waals surface area contributed by atoms with Gasteiger partial charge in [-0.1, -0.05) is 25.4 Å². The van der Waals surface area contributed by atoms with Crippen molar-refractivity contribution in [1.29, 1.82) is 0 Å². The summed E-state index contributed by atoms with van der Waals surface area (Å²) in [5.41, 5.74) is 3.39. The minimum atomic E-state index is -0.0582. The van der Waals surface area contributed by atoms with Gasteiger partial charge in [0.05, 0.1) is 48.5 Å². The minimum absolute atomic E-state index is 0.0144. The van der Waals surface area contributed by atoms with Gasteiger partial charge in [0.25, 0.3) is 0 Å². The molecule has 0 aliphatic carbocycles. The fourth-order valence-corrected chi connectivity index (χ4v) is 4.64. The van der Waals surface area contributed by atoms with Gasteiger partial charge in [-0.2, -0.15) is 4.98 Å². The van der Waals surface area contributed by atoms with Crippen LogP contribution in [0.3, 0.4) is 0 Å². The Labute approximate surface area is 217 Å². The highest BCUT2D eigenvalue weighted by Crippen LogP contribution is 2.33. The number of benzene rings is 1. The molecule has 2 atom stereocenters. The first-order chi connectivity index (χ1) is 17.5. The third kappa shape index (κ3) is 5.47. The van der Waals surface area contributed by atoms with Gasteiger partial charge in [0.2, 0.25) is 11.8 Å². The standard InChI is InChI=1S/C26H33ClN6O3/c1-6-19-24(17-10-9-16(34-4)13-18(17)27)29-20(7-2)25(30-19)31-21-14-33(15-22(21)36-8-3)26-28-12-11-23(32-26)35-5/h9-13,21-22H,6-8,14-15H2,1-5H3,(H,30,31)/t21-,22+/m1/s1. The van der Waals surface area contributed by atoms with Crippen LogP contribution in [-0.2, 0) is 17.6 Å². The van der Waals surface area contributed by atoms with Gasteiger partial charge in [0, 0.05) is 37.5 Å². The van der Waals surface area contributed by atoms with E-state index in [1.165, 1.54) is 0 Å². The predicted octanol–water partition coefficient (Wildman–Crippen LogP) is 4.43. The second-order valence-electron chi connectivity index (χ2n) is 8.42. The largest absolute Gasteiger partial charge is 0.497 e. The number of aryl methyl sites for hydroxylation is 2. The molecular weight excluding hydrogens is 480 g/mol. The summed E-state index contributed by atoms with van der Waals surface area (Å²) in [6.07, 6.45) is 3.08. The van der Waals surface area contributed by atoms with E-state index < -0.39 is 0 Å². The number of ether oxygens (including phenoxy) is 3. The predicted molar refractivity (Wildman–Crippen MR) is 141 cm³/mol. The Kier molecular flexibility index (Phi) is 8.43. The van der Waals surface area contributed by atoms with Gasteiger partial charge in [-0.25, -0.2) is 15.0 Å². The maximum absolute atomic E-state index is 6.59. The van der Waals surface area contributed by atoms with Gasteiger partial charge >= 0.3 is 0 Å². The van der Waals surface area contributed by atoms with E-state index in [4.69, 9.17) is 35.8 Å². The lowest BCUT2D eigenvalue weighted by Gasteiger charge is -2.22. The lowest BCUT2D eigenvalue weighted by molar-refractivity contribution is 0.0719. The summed E-state index contributed by atoms with van der Waals surface area (Å²) in [5, 5.41) is 4.22. The summed E-state index contributed by atoms with van der Waals surface area (Å²) < 4.78 is 16.7. The van der Waals surface area contributed by atoms with Crippen LogP contribution in [-0.4, -0.2) is 66.0 Å². The Morgan fingerprint density at radius 1 is 1.00 bits per heavy atom. The molecule has 9 nitrogen and oxygen atoms in total. The van der Waals surface area contributed by atoms with Crippen molar-refractivity contribution in [2.75, 3.05) is 44.1 Å². The second kappa shape index (κ2) is 11.7. The van der Waals surface area contributed by atoms with E-state index in [0.717, 1.165) is 34.9 Å². The Morgan fingerprint density at radius 2 is 1.81 bits per heavy atom. The molecule has 1 saturated heterocycles. The average Bonchev–Trinajstić information content (AvgIpc) is 3.30. The SMILES string of the molecule is CCO[C@H]1CN(c2nccc(OC)n2)C[C@H]1Nc1nc(CC)c(-c2ccc(OC)cc2Cl)nc1CC. The molecule has 192 valence electrons. The van der Waals surface area contributed by atoms with Crippen LogP contribution in [0.4, 0.5) is 11.8 Å². The molecular formula is C26H33ClN6O3. The van der Waals surface area contributed by atoms with Gasteiger partial charge in [-0.05, 0) is 38.0 Å². The smallest absolute Gasteiger partial charge is 0.228 e. The van der Waals surface area contributed by atoms with E-state index in [2.05, 4.69) is 34.0 Å². The Balaban J connectivity index is 1.64. The van der Waals surface area contributed by atoms with E-state index >= 15 is 0 Å². The Bertz CT molecular complexity index is 1190. The molecule has 1 aliphatic heterocycles. The number of aromatic nitrogens is 4. The van der Waals surface area contributed by atoms with Crippen molar-refractivity contribution >= 4 is 23.4 Å². The number of hydrogen-bond donors (Lipinski definition) is 1. The van der Waals surface area contributed by atoms with Gasteiger partial charge in [-0.15, -0.1) is 0 Å². The van der Waals surface area contributed by atoms with Gasteiger partial charge in [-0.3, -0.25) is 0 Å². The summed E-state index contributed by atoms with van der Waals surface area (Å²) in [7, 11) is 3.22. The van der Waals surface area contributed by atoms with E-state index in [0.29, 0.717) is 48.7 Å². The molecule has 1 aromatic carbocycles. The Morgan fingerprint density at radius 3 is 2.47 bits per heavy atom. The van der Waals surface area contributed by atoms with Gasteiger partial charge in [0.1, 0.15) is 11.6 Å². The topological polar surface area (TPSA) is 94.5 Å².